The van der Waals surface area contributed by atoms with E-state index in [2.05, 4.69) is 0 Å². The minimum Gasteiger partial charge on any atom is -0.496 e. The lowest BCUT2D eigenvalue weighted by molar-refractivity contribution is 0.101. The molecule has 0 radical (unpaired) electrons. The maximum absolute atomic E-state index is 13.5. The van der Waals surface area contributed by atoms with Gasteiger partial charge in [-0.05, 0) is 43.3 Å². The molecule has 0 fully saturated rings. The molecule has 3 nitrogen and oxygen atoms in total. The van der Waals surface area contributed by atoms with Gasteiger partial charge in [0.05, 0.1) is 14.2 Å². The minimum atomic E-state index is -0.379. The van der Waals surface area contributed by atoms with Crippen molar-refractivity contribution in [3.05, 3.63) is 47.8 Å². The Morgan fingerprint density at radius 3 is 2.05 bits per heavy atom. The molecule has 4 heteroatoms. The van der Waals surface area contributed by atoms with E-state index in [1.807, 2.05) is 0 Å². The molecule has 0 bridgehead atoms. The first-order valence-corrected chi connectivity index (χ1v) is 6.09. The van der Waals surface area contributed by atoms with Crippen LogP contribution in [0.25, 0.3) is 11.1 Å². The van der Waals surface area contributed by atoms with Crippen LogP contribution in [-0.4, -0.2) is 20.0 Å². The van der Waals surface area contributed by atoms with E-state index in [1.165, 1.54) is 33.3 Å². The summed E-state index contributed by atoms with van der Waals surface area (Å²) in [5.74, 6) is 0.629. The van der Waals surface area contributed by atoms with Gasteiger partial charge in [0.15, 0.2) is 5.78 Å². The van der Waals surface area contributed by atoms with Gasteiger partial charge >= 0.3 is 0 Å². The third-order valence-electron chi connectivity index (χ3n) is 3.06. The van der Waals surface area contributed by atoms with Gasteiger partial charge in [-0.25, -0.2) is 4.39 Å². The van der Waals surface area contributed by atoms with Gasteiger partial charge < -0.3 is 9.47 Å². The maximum Gasteiger partial charge on any atom is 0.159 e. The maximum atomic E-state index is 13.5. The molecule has 2 aromatic rings. The summed E-state index contributed by atoms with van der Waals surface area (Å²) in [7, 11) is 3.04. The molecule has 0 unspecified atom stereocenters. The van der Waals surface area contributed by atoms with Crippen molar-refractivity contribution in [1.29, 1.82) is 0 Å². The molecule has 0 aliphatic heterocycles. The Hall–Kier alpha value is -2.36. The van der Waals surface area contributed by atoms with Crippen LogP contribution in [0.15, 0.2) is 36.4 Å². The lowest BCUT2D eigenvalue weighted by Gasteiger charge is -2.13. The highest BCUT2D eigenvalue weighted by molar-refractivity contribution is 5.96. The van der Waals surface area contributed by atoms with Gasteiger partial charge in [0.1, 0.15) is 17.3 Å². The first-order valence-electron chi connectivity index (χ1n) is 6.09. The van der Waals surface area contributed by atoms with Crippen LogP contribution in [0.5, 0.6) is 11.5 Å². The van der Waals surface area contributed by atoms with E-state index < -0.39 is 0 Å². The Balaban J connectivity index is 2.69. The molecule has 0 saturated carbocycles. The van der Waals surface area contributed by atoms with Crippen LogP contribution in [0.3, 0.4) is 0 Å². The molecule has 2 aromatic carbocycles. The number of hydrogen-bond donors (Lipinski definition) is 0. The molecule has 20 heavy (non-hydrogen) atoms. The summed E-state index contributed by atoms with van der Waals surface area (Å²) in [6.45, 7) is 1.48. The lowest BCUT2D eigenvalue weighted by Crippen LogP contribution is -1.97. The predicted octanol–water partition coefficient (Wildman–Crippen LogP) is 3.71. The SMILES string of the molecule is COc1ccc(F)cc1-c1cc(C(C)=O)ccc1OC. The average molecular weight is 274 g/mol. The van der Waals surface area contributed by atoms with Crippen LogP contribution in [0, 0.1) is 5.82 Å². The zero-order chi connectivity index (χ0) is 14.7. The van der Waals surface area contributed by atoms with Crippen LogP contribution in [0.4, 0.5) is 4.39 Å². The number of Topliss-reactive ketones (excluding diaryl/α,β-unsaturated/α-hetero) is 1. The highest BCUT2D eigenvalue weighted by Gasteiger charge is 2.14. The van der Waals surface area contributed by atoms with Crippen molar-refractivity contribution in [2.45, 2.75) is 6.92 Å². The Morgan fingerprint density at radius 1 is 0.950 bits per heavy atom. The highest BCUT2D eigenvalue weighted by Crippen LogP contribution is 2.37. The molecule has 0 aliphatic rings. The van der Waals surface area contributed by atoms with Gasteiger partial charge in [-0.15, -0.1) is 0 Å². The second kappa shape index (κ2) is 5.74. The fourth-order valence-electron chi connectivity index (χ4n) is 2.03. The van der Waals surface area contributed by atoms with E-state index in [4.69, 9.17) is 9.47 Å². The molecule has 2 rings (SSSR count). The van der Waals surface area contributed by atoms with Gasteiger partial charge in [-0.2, -0.15) is 0 Å². The molecule has 0 spiro atoms. The van der Waals surface area contributed by atoms with Crippen molar-refractivity contribution in [3.8, 4) is 22.6 Å². The van der Waals surface area contributed by atoms with Gasteiger partial charge in [-0.3, -0.25) is 4.79 Å². The zero-order valence-corrected chi connectivity index (χ0v) is 11.6. The van der Waals surface area contributed by atoms with E-state index >= 15 is 0 Å². The third-order valence-corrected chi connectivity index (χ3v) is 3.06. The van der Waals surface area contributed by atoms with E-state index in [-0.39, 0.29) is 11.6 Å². The summed E-state index contributed by atoms with van der Waals surface area (Å²) in [6, 6.07) is 9.28. The number of rotatable bonds is 4. The number of halogens is 1. The molecule has 0 aliphatic carbocycles. The molecule has 0 saturated heterocycles. The van der Waals surface area contributed by atoms with Gasteiger partial charge in [0.2, 0.25) is 0 Å². The van der Waals surface area contributed by atoms with Crippen LogP contribution in [0.2, 0.25) is 0 Å². The summed E-state index contributed by atoms with van der Waals surface area (Å²) in [5, 5.41) is 0. The monoisotopic (exact) mass is 274 g/mol. The van der Waals surface area contributed by atoms with E-state index in [9.17, 15) is 9.18 Å². The number of ether oxygens (including phenoxy) is 2. The topological polar surface area (TPSA) is 35.5 Å². The Bertz CT molecular complexity index is 650. The zero-order valence-electron chi connectivity index (χ0n) is 11.6. The molecule has 0 atom stereocenters. The van der Waals surface area contributed by atoms with Crippen LogP contribution < -0.4 is 9.47 Å². The molecule has 0 aromatic heterocycles. The van der Waals surface area contributed by atoms with E-state index in [0.29, 0.717) is 28.2 Å². The second-order valence-corrected chi connectivity index (χ2v) is 4.32. The fourth-order valence-corrected chi connectivity index (χ4v) is 2.03. The standard InChI is InChI=1S/C16H15FO3/c1-10(18)11-4-6-15(19-2)13(8-11)14-9-12(17)5-7-16(14)20-3/h4-9H,1-3H3. The number of benzene rings is 2. The molecular weight excluding hydrogens is 259 g/mol. The van der Waals surface area contributed by atoms with Crippen molar-refractivity contribution in [2.75, 3.05) is 14.2 Å². The summed E-state index contributed by atoms with van der Waals surface area (Å²) >= 11 is 0. The van der Waals surface area contributed by atoms with Crippen LogP contribution in [-0.2, 0) is 0 Å². The molecule has 0 N–H and O–H groups in total. The lowest BCUT2D eigenvalue weighted by atomic mass is 9.99. The summed E-state index contributed by atoms with van der Waals surface area (Å²) in [5.41, 5.74) is 1.70. The Morgan fingerprint density at radius 2 is 1.50 bits per heavy atom. The predicted molar refractivity (Wildman–Crippen MR) is 74.9 cm³/mol. The van der Waals surface area contributed by atoms with Crippen molar-refractivity contribution >= 4 is 5.78 Å². The number of methoxy groups -OCH3 is 2. The minimum absolute atomic E-state index is 0.0655. The fraction of sp³-hybridized carbons (Fsp3) is 0.188. The first kappa shape index (κ1) is 14.1. The normalized spacial score (nSPS) is 10.2. The number of hydrogen-bond acceptors (Lipinski definition) is 3. The first-order chi connectivity index (χ1) is 9.56. The Kier molecular flexibility index (Phi) is 4.03. The largest absolute Gasteiger partial charge is 0.496 e. The van der Waals surface area contributed by atoms with E-state index in [0.717, 1.165) is 0 Å². The van der Waals surface area contributed by atoms with Crippen molar-refractivity contribution < 1.29 is 18.7 Å². The van der Waals surface area contributed by atoms with Gasteiger partial charge in [0.25, 0.3) is 0 Å². The Labute approximate surface area is 117 Å². The van der Waals surface area contributed by atoms with Crippen molar-refractivity contribution in [1.82, 2.24) is 0 Å². The molecule has 0 amide bonds. The summed E-state index contributed by atoms with van der Waals surface area (Å²) in [4.78, 5) is 11.5. The van der Waals surface area contributed by atoms with Crippen LogP contribution in [0.1, 0.15) is 17.3 Å². The molecular formula is C16H15FO3. The van der Waals surface area contributed by atoms with Crippen molar-refractivity contribution in [3.63, 3.8) is 0 Å². The van der Waals surface area contributed by atoms with Crippen LogP contribution >= 0.6 is 0 Å². The smallest absolute Gasteiger partial charge is 0.159 e. The number of carbonyl (C=O) groups is 1. The van der Waals surface area contributed by atoms with Gasteiger partial charge in [0, 0.05) is 16.7 Å². The number of carbonyl (C=O) groups excluding carboxylic acids is 1. The summed E-state index contributed by atoms with van der Waals surface area (Å²) in [6.07, 6.45) is 0. The van der Waals surface area contributed by atoms with Gasteiger partial charge in [-0.1, -0.05) is 0 Å². The molecule has 104 valence electrons. The quantitative estimate of drug-likeness (QED) is 0.797. The van der Waals surface area contributed by atoms with E-state index in [1.54, 1.807) is 24.3 Å². The number of ketones is 1. The van der Waals surface area contributed by atoms with Crippen molar-refractivity contribution in [2.24, 2.45) is 0 Å². The third kappa shape index (κ3) is 2.64. The second-order valence-electron chi connectivity index (χ2n) is 4.32. The highest BCUT2D eigenvalue weighted by atomic mass is 19.1. The summed E-state index contributed by atoms with van der Waals surface area (Å²) < 4.78 is 24.0. The average Bonchev–Trinajstić information content (AvgIpc) is 2.46. The molecule has 0 heterocycles.